The number of hydrogen-bond acceptors (Lipinski definition) is 4. The summed E-state index contributed by atoms with van der Waals surface area (Å²) in [4.78, 5) is 11.8. The monoisotopic (exact) mass is 242 g/mol. The van der Waals surface area contributed by atoms with Crippen LogP contribution in [0.15, 0.2) is 47.1 Å². The second-order valence-corrected chi connectivity index (χ2v) is 4.04. The van der Waals surface area contributed by atoms with E-state index in [1.807, 2.05) is 26.0 Å². The van der Waals surface area contributed by atoms with Gasteiger partial charge in [-0.15, -0.1) is 0 Å². The van der Waals surface area contributed by atoms with Gasteiger partial charge >= 0.3 is 0 Å². The number of carbonyl (C=O) groups excluding carboxylic acids is 1. The number of anilines is 1. The minimum atomic E-state index is -0.0567. The summed E-state index contributed by atoms with van der Waals surface area (Å²) in [5.41, 5.74) is 2.58. The van der Waals surface area contributed by atoms with Crippen LogP contribution in [-0.4, -0.2) is 10.9 Å². The molecule has 0 atom stereocenters. The van der Waals surface area contributed by atoms with E-state index in [0.717, 1.165) is 11.3 Å². The Balaban J connectivity index is 1.97. The Morgan fingerprint density at radius 3 is 2.61 bits per heavy atom. The van der Waals surface area contributed by atoms with Gasteiger partial charge in [0.05, 0.1) is 5.69 Å². The average molecular weight is 242 g/mol. The van der Waals surface area contributed by atoms with Gasteiger partial charge in [0.1, 0.15) is 0 Å². The number of nitrogens with one attached hydrogen (secondary N) is 1. The maximum Gasteiger partial charge on any atom is 0.228 e. The van der Waals surface area contributed by atoms with Crippen LogP contribution in [0.2, 0.25) is 0 Å². The number of hydrogen-bond donors (Lipinski definition) is 1. The molecule has 1 N–H and O–H groups in total. The van der Waals surface area contributed by atoms with Crippen LogP contribution in [-0.2, 0) is 0 Å². The number of aryl methyl sites for hydroxylation is 2. The van der Waals surface area contributed by atoms with Crippen LogP contribution in [0.1, 0.15) is 21.6 Å². The van der Waals surface area contributed by atoms with Gasteiger partial charge in [0, 0.05) is 23.9 Å². The molecule has 0 aliphatic rings. The van der Waals surface area contributed by atoms with Crippen LogP contribution in [0, 0.1) is 13.8 Å². The van der Waals surface area contributed by atoms with E-state index < -0.39 is 0 Å². The number of aromatic nitrogens is 1. The van der Waals surface area contributed by atoms with Gasteiger partial charge < -0.3 is 9.84 Å². The van der Waals surface area contributed by atoms with Gasteiger partial charge in [-0.25, -0.2) is 0 Å². The molecule has 0 saturated carbocycles. The van der Waals surface area contributed by atoms with Crippen molar-refractivity contribution in [1.29, 1.82) is 0 Å². The number of benzene rings is 1. The lowest BCUT2D eigenvalue weighted by Crippen LogP contribution is -1.95. The van der Waals surface area contributed by atoms with Crippen molar-refractivity contribution in [2.24, 2.45) is 0 Å². The fraction of sp³-hybridized carbons (Fsp3) is 0.143. The Bertz CT molecular complexity index is 568. The van der Waals surface area contributed by atoms with Crippen molar-refractivity contribution in [3.05, 3.63) is 59.4 Å². The third-order valence-corrected chi connectivity index (χ3v) is 2.42. The Kier molecular flexibility index (Phi) is 3.57. The van der Waals surface area contributed by atoms with Gasteiger partial charge in [-0.1, -0.05) is 35.0 Å². The first kappa shape index (κ1) is 12.1. The first-order valence-electron chi connectivity index (χ1n) is 5.62. The lowest BCUT2D eigenvalue weighted by molar-refractivity contribution is 0.104. The van der Waals surface area contributed by atoms with E-state index in [2.05, 4.69) is 10.5 Å². The van der Waals surface area contributed by atoms with Crippen LogP contribution in [0.4, 0.5) is 5.88 Å². The van der Waals surface area contributed by atoms with Crippen LogP contribution < -0.4 is 5.32 Å². The maximum absolute atomic E-state index is 11.8. The number of carbonyl (C=O) groups is 1. The lowest BCUT2D eigenvalue weighted by atomic mass is 10.1. The van der Waals surface area contributed by atoms with E-state index in [-0.39, 0.29) is 5.78 Å². The minimum Gasteiger partial charge on any atom is -0.338 e. The predicted octanol–water partition coefficient (Wildman–Crippen LogP) is 3.10. The minimum absolute atomic E-state index is 0.0567. The van der Waals surface area contributed by atoms with Crippen LogP contribution >= 0.6 is 0 Å². The Morgan fingerprint density at radius 1 is 1.28 bits per heavy atom. The molecule has 0 aliphatic carbocycles. The summed E-state index contributed by atoms with van der Waals surface area (Å²) in [7, 11) is 0. The second kappa shape index (κ2) is 5.31. The number of nitrogens with zero attached hydrogens (tertiary/aromatic N) is 1. The molecule has 0 amide bonds. The van der Waals surface area contributed by atoms with Crippen LogP contribution in [0.3, 0.4) is 0 Å². The molecule has 1 aromatic heterocycles. The zero-order chi connectivity index (χ0) is 13.0. The molecule has 0 aliphatic heterocycles. The third-order valence-electron chi connectivity index (χ3n) is 2.42. The Morgan fingerprint density at radius 2 is 2.00 bits per heavy atom. The molecule has 4 nitrogen and oxygen atoms in total. The van der Waals surface area contributed by atoms with Crippen LogP contribution in [0.5, 0.6) is 0 Å². The Hall–Kier alpha value is -2.36. The molecule has 0 spiro atoms. The molecule has 0 unspecified atom stereocenters. The van der Waals surface area contributed by atoms with Gasteiger partial charge in [-0.3, -0.25) is 4.79 Å². The number of rotatable bonds is 4. The molecule has 0 radical (unpaired) electrons. The number of ketones is 1. The normalized spacial score (nSPS) is 10.8. The number of allylic oxidation sites excluding steroid dienone is 1. The molecule has 0 saturated heterocycles. The summed E-state index contributed by atoms with van der Waals surface area (Å²) in [6.45, 7) is 3.81. The van der Waals surface area contributed by atoms with Crippen molar-refractivity contribution in [3.8, 4) is 0 Å². The molecule has 2 rings (SSSR count). The van der Waals surface area contributed by atoms with Gasteiger partial charge in [0.25, 0.3) is 0 Å². The van der Waals surface area contributed by atoms with Crippen molar-refractivity contribution in [2.45, 2.75) is 13.8 Å². The lowest BCUT2D eigenvalue weighted by Gasteiger charge is -1.96. The highest BCUT2D eigenvalue weighted by Gasteiger charge is 2.01. The van der Waals surface area contributed by atoms with Gasteiger partial charge in [0.2, 0.25) is 5.88 Å². The molecule has 2 aromatic rings. The van der Waals surface area contributed by atoms with E-state index in [1.54, 1.807) is 24.4 Å². The van der Waals surface area contributed by atoms with Gasteiger partial charge in [-0.05, 0) is 13.8 Å². The summed E-state index contributed by atoms with van der Waals surface area (Å²) in [6.07, 6.45) is 3.00. The average Bonchev–Trinajstić information content (AvgIpc) is 2.76. The highest BCUT2D eigenvalue weighted by molar-refractivity contribution is 6.04. The fourth-order valence-corrected chi connectivity index (χ4v) is 1.45. The zero-order valence-electron chi connectivity index (χ0n) is 10.3. The van der Waals surface area contributed by atoms with E-state index in [4.69, 9.17) is 4.52 Å². The fourth-order valence-electron chi connectivity index (χ4n) is 1.45. The quantitative estimate of drug-likeness (QED) is 0.661. The zero-order valence-corrected chi connectivity index (χ0v) is 10.3. The summed E-state index contributed by atoms with van der Waals surface area (Å²) in [5, 5.41) is 6.57. The SMILES string of the molecule is Cc1ccc(C(=O)C=CNc2cc(C)no2)cc1. The summed E-state index contributed by atoms with van der Waals surface area (Å²) >= 11 is 0. The molecule has 1 heterocycles. The van der Waals surface area contributed by atoms with Gasteiger partial charge in [-0.2, -0.15) is 0 Å². The van der Waals surface area contributed by atoms with Gasteiger partial charge in [0.15, 0.2) is 5.78 Å². The molecule has 18 heavy (non-hydrogen) atoms. The first-order valence-corrected chi connectivity index (χ1v) is 5.62. The second-order valence-electron chi connectivity index (χ2n) is 4.04. The molecule has 0 bridgehead atoms. The molecule has 1 aromatic carbocycles. The summed E-state index contributed by atoms with van der Waals surface area (Å²) < 4.78 is 4.94. The summed E-state index contributed by atoms with van der Waals surface area (Å²) in [6, 6.07) is 9.19. The van der Waals surface area contributed by atoms with E-state index in [9.17, 15) is 4.79 Å². The standard InChI is InChI=1S/C14H14N2O2/c1-10-3-5-12(6-4-10)13(17)7-8-15-14-9-11(2)16-18-14/h3-9,15H,1-2H3. The van der Waals surface area contributed by atoms with E-state index in [1.165, 1.54) is 6.08 Å². The highest BCUT2D eigenvalue weighted by Crippen LogP contribution is 2.08. The molecule has 4 heteroatoms. The van der Waals surface area contributed by atoms with Crippen molar-refractivity contribution in [1.82, 2.24) is 5.16 Å². The Labute approximate surface area is 105 Å². The van der Waals surface area contributed by atoms with Crippen molar-refractivity contribution < 1.29 is 9.32 Å². The third kappa shape index (κ3) is 3.07. The first-order chi connectivity index (χ1) is 8.65. The topological polar surface area (TPSA) is 55.1 Å². The smallest absolute Gasteiger partial charge is 0.228 e. The summed E-state index contributed by atoms with van der Waals surface area (Å²) in [5.74, 6) is 0.458. The van der Waals surface area contributed by atoms with Crippen molar-refractivity contribution in [3.63, 3.8) is 0 Å². The van der Waals surface area contributed by atoms with E-state index >= 15 is 0 Å². The molecular weight excluding hydrogens is 228 g/mol. The molecular formula is C14H14N2O2. The molecule has 0 fully saturated rings. The predicted molar refractivity (Wildman–Crippen MR) is 69.5 cm³/mol. The van der Waals surface area contributed by atoms with Crippen molar-refractivity contribution >= 4 is 11.7 Å². The van der Waals surface area contributed by atoms with Crippen LogP contribution in [0.25, 0.3) is 0 Å². The molecule has 92 valence electrons. The van der Waals surface area contributed by atoms with Crippen molar-refractivity contribution in [2.75, 3.05) is 5.32 Å². The highest BCUT2D eigenvalue weighted by atomic mass is 16.5. The van der Waals surface area contributed by atoms with E-state index in [0.29, 0.717) is 11.4 Å². The maximum atomic E-state index is 11.8. The largest absolute Gasteiger partial charge is 0.338 e.